The Bertz CT molecular complexity index is 361. The number of thioether (sulfide) groups is 1. The molecule has 3 nitrogen and oxygen atoms in total. The summed E-state index contributed by atoms with van der Waals surface area (Å²) in [4.78, 5) is 0.0528. The average Bonchev–Trinajstić information content (AvgIpc) is 2.15. The summed E-state index contributed by atoms with van der Waals surface area (Å²) in [6.45, 7) is 0. The van der Waals surface area contributed by atoms with Gasteiger partial charge in [0, 0.05) is 10.5 Å². The molecule has 0 atom stereocenters. The number of alkyl halides is 3. The summed E-state index contributed by atoms with van der Waals surface area (Å²) < 4.78 is 35.8. The van der Waals surface area contributed by atoms with Crippen molar-refractivity contribution in [1.29, 1.82) is 0 Å². The smallest absolute Gasteiger partial charge is 0.409 e. The lowest BCUT2D eigenvalue weighted by molar-refractivity contribution is -0.0328. The van der Waals surface area contributed by atoms with Gasteiger partial charge in [-0.3, -0.25) is 0 Å². The Labute approximate surface area is 87.8 Å². The maximum absolute atomic E-state index is 11.9. The van der Waals surface area contributed by atoms with Crippen molar-refractivity contribution in [2.45, 2.75) is 10.4 Å². The predicted molar refractivity (Wildman–Crippen MR) is 50.9 cm³/mol. The zero-order valence-electron chi connectivity index (χ0n) is 7.32. The molecular weight excluding hydrogens is 229 g/mol. The highest BCUT2D eigenvalue weighted by Gasteiger charge is 2.28. The minimum atomic E-state index is -4.31. The summed E-state index contributed by atoms with van der Waals surface area (Å²) in [5, 5.41) is 11.1. The Balaban J connectivity index is 2.82. The van der Waals surface area contributed by atoms with Crippen molar-refractivity contribution in [2.75, 3.05) is 0 Å². The van der Waals surface area contributed by atoms with Gasteiger partial charge < -0.3 is 10.9 Å². The molecule has 0 aliphatic carbocycles. The van der Waals surface area contributed by atoms with Gasteiger partial charge in [-0.1, -0.05) is 17.3 Å². The third-order valence-electron chi connectivity index (χ3n) is 1.49. The highest BCUT2D eigenvalue weighted by Crippen LogP contribution is 2.36. The summed E-state index contributed by atoms with van der Waals surface area (Å²) >= 11 is -0.214. The standard InChI is InChI=1S/C8H7F3N2OS/c9-8(10,11)15-6-3-1-5(2-4-6)7(12)13-14/h1-4,14H,(H2,12,13). The third-order valence-corrected chi connectivity index (χ3v) is 2.23. The maximum atomic E-state index is 11.9. The van der Waals surface area contributed by atoms with E-state index in [1.54, 1.807) is 0 Å². The molecule has 82 valence electrons. The van der Waals surface area contributed by atoms with Crippen molar-refractivity contribution in [3.8, 4) is 0 Å². The van der Waals surface area contributed by atoms with Crippen LogP contribution < -0.4 is 5.73 Å². The molecule has 15 heavy (non-hydrogen) atoms. The second-order valence-electron chi connectivity index (χ2n) is 2.56. The molecule has 0 fully saturated rings. The van der Waals surface area contributed by atoms with Crippen LogP contribution in [0.1, 0.15) is 5.56 Å². The van der Waals surface area contributed by atoms with Gasteiger partial charge in [-0.15, -0.1) is 0 Å². The molecule has 1 rings (SSSR count). The number of nitrogens with zero attached hydrogens (tertiary/aromatic N) is 1. The predicted octanol–water partition coefficient (Wildman–Crippen LogP) is 2.39. The summed E-state index contributed by atoms with van der Waals surface area (Å²) in [5.74, 6) is -0.140. The number of amidine groups is 1. The molecule has 7 heteroatoms. The van der Waals surface area contributed by atoms with Crippen molar-refractivity contribution in [3.05, 3.63) is 29.8 Å². The van der Waals surface area contributed by atoms with Crippen molar-refractivity contribution in [1.82, 2.24) is 0 Å². The first-order valence-corrected chi connectivity index (χ1v) is 4.58. The van der Waals surface area contributed by atoms with Gasteiger partial charge in [-0.05, 0) is 23.9 Å². The van der Waals surface area contributed by atoms with Crippen LogP contribution in [0.25, 0.3) is 0 Å². The van der Waals surface area contributed by atoms with E-state index in [-0.39, 0.29) is 22.5 Å². The quantitative estimate of drug-likeness (QED) is 0.272. The van der Waals surface area contributed by atoms with Crippen LogP contribution in [0.15, 0.2) is 34.3 Å². The van der Waals surface area contributed by atoms with Crippen molar-refractivity contribution in [3.63, 3.8) is 0 Å². The molecule has 0 spiro atoms. The van der Waals surface area contributed by atoms with Gasteiger partial charge in [0.1, 0.15) is 0 Å². The van der Waals surface area contributed by atoms with Crippen LogP contribution in [0.3, 0.4) is 0 Å². The Morgan fingerprint density at radius 3 is 2.20 bits per heavy atom. The van der Waals surface area contributed by atoms with Gasteiger partial charge in [0.2, 0.25) is 0 Å². The first kappa shape index (κ1) is 11.7. The van der Waals surface area contributed by atoms with Crippen molar-refractivity contribution >= 4 is 17.6 Å². The average molecular weight is 236 g/mol. The van der Waals surface area contributed by atoms with Crippen LogP contribution >= 0.6 is 11.8 Å². The van der Waals surface area contributed by atoms with Crippen LogP contribution in [0.2, 0.25) is 0 Å². The molecule has 1 aromatic carbocycles. The molecule has 0 amide bonds. The van der Waals surface area contributed by atoms with E-state index in [0.717, 1.165) is 0 Å². The summed E-state index contributed by atoms with van der Waals surface area (Å²) in [5.41, 5.74) is 1.30. The van der Waals surface area contributed by atoms with Crippen LogP contribution in [-0.2, 0) is 0 Å². The fourth-order valence-electron chi connectivity index (χ4n) is 0.885. The van der Waals surface area contributed by atoms with E-state index in [0.29, 0.717) is 5.56 Å². The lowest BCUT2D eigenvalue weighted by Gasteiger charge is -2.05. The minimum absolute atomic E-state index is 0.0528. The number of nitrogens with two attached hydrogens (primary N) is 1. The Hall–Kier alpha value is -1.37. The number of hydrogen-bond donors (Lipinski definition) is 2. The topological polar surface area (TPSA) is 58.6 Å². The van der Waals surface area contributed by atoms with Gasteiger partial charge in [-0.2, -0.15) is 13.2 Å². The first-order chi connectivity index (χ1) is 6.92. The largest absolute Gasteiger partial charge is 0.446 e. The van der Waals surface area contributed by atoms with E-state index < -0.39 is 5.51 Å². The number of rotatable bonds is 2. The van der Waals surface area contributed by atoms with Crippen molar-refractivity contribution in [2.24, 2.45) is 10.9 Å². The molecule has 0 saturated heterocycles. The first-order valence-electron chi connectivity index (χ1n) is 3.76. The van der Waals surface area contributed by atoms with E-state index in [1.807, 2.05) is 0 Å². The zero-order valence-corrected chi connectivity index (χ0v) is 8.14. The van der Waals surface area contributed by atoms with Gasteiger partial charge in [-0.25, -0.2) is 0 Å². The van der Waals surface area contributed by atoms with Gasteiger partial charge in [0.05, 0.1) is 0 Å². The molecule has 1 aromatic rings. The summed E-state index contributed by atoms with van der Waals surface area (Å²) in [6.07, 6.45) is 0. The van der Waals surface area contributed by atoms with Crippen LogP contribution in [0.5, 0.6) is 0 Å². The molecule has 3 N–H and O–H groups in total. The molecule has 0 heterocycles. The van der Waals surface area contributed by atoms with E-state index in [4.69, 9.17) is 10.9 Å². The molecule has 0 aliphatic rings. The monoisotopic (exact) mass is 236 g/mol. The second kappa shape index (κ2) is 4.43. The minimum Gasteiger partial charge on any atom is -0.409 e. The lowest BCUT2D eigenvalue weighted by atomic mass is 10.2. The number of hydrogen-bond acceptors (Lipinski definition) is 3. The van der Waals surface area contributed by atoms with Crippen LogP contribution in [0, 0.1) is 0 Å². The van der Waals surface area contributed by atoms with Crippen LogP contribution in [-0.4, -0.2) is 16.6 Å². The lowest BCUT2D eigenvalue weighted by Crippen LogP contribution is -2.12. The van der Waals surface area contributed by atoms with E-state index in [9.17, 15) is 13.2 Å². The molecule has 0 bridgehead atoms. The number of oxime groups is 1. The molecular formula is C8H7F3N2OS. The van der Waals surface area contributed by atoms with Gasteiger partial charge in [0.15, 0.2) is 5.84 Å². The summed E-state index contributed by atoms with van der Waals surface area (Å²) in [7, 11) is 0. The summed E-state index contributed by atoms with van der Waals surface area (Å²) in [6, 6.07) is 5.21. The fourth-order valence-corrected chi connectivity index (χ4v) is 1.42. The van der Waals surface area contributed by atoms with Crippen molar-refractivity contribution < 1.29 is 18.4 Å². The number of halogens is 3. The Morgan fingerprint density at radius 1 is 1.27 bits per heavy atom. The van der Waals surface area contributed by atoms with E-state index in [2.05, 4.69) is 5.16 Å². The fraction of sp³-hybridized carbons (Fsp3) is 0.125. The van der Waals surface area contributed by atoms with E-state index >= 15 is 0 Å². The second-order valence-corrected chi connectivity index (χ2v) is 3.70. The molecule has 0 unspecified atom stereocenters. The normalized spacial score (nSPS) is 12.9. The number of benzene rings is 1. The molecule has 0 aliphatic heterocycles. The van der Waals surface area contributed by atoms with Crippen LogP contribution in [0.4, 0.5) is 13.2 Å². The highest BCUT2D eigenvalue weighted by molar-refractivity contribution is 8.00. The molecule has 0 saturated carbocycles. The maximum Gasteiger partial charge on any atom is 0.446 e. The third kappa shape index (κ3) is 3.70. The highest BCUT2D eigenvalue weighted by atomic mass is 32.2. The zero-order chi connectivity index (χ0) is 11.5. The van der Waals surface area contributed by atoms with E-state index in [1.165, 1.54) is 24.3 Å². The Morgan fingerprint density at radius 2 is 1.80 bits per heavy atom. The Kier molecular flexibility index (Phi) is 3.46. The molecule has 0 aromatic heterocycles. The SMILES string of the molecule is N/C(=N\O)c1ccc(SC(F)(F)F)cc1. The molecule has 0 radical (unpaired) electrons. The van der Waals surface area contributed by atoms with Gasteiger partial charge in [0.25, 0.3) is 0 Å². The van der Waals surface area contributed by atoms with Gasteiger partial charge >= 0.3 is 5.51 Å².